The first-order chi connectivity index (χ1) is 16.4. The second-order valence-electron chi connectivity index (χ2n) is 8.11. The molecular formula is C27H25ClN4O2. The molecule has 0 spiro atoms. The Hall–Kier alpha value is -3.77. The van der Waals surface area contributed by atoms with Gasteiger partial charge in [-0.1, -0.05) is 72.3 Å². The number of halogens is 1. The van der Waals surface area contributed by atoms with Gasteiger partial charge in [-0.25, -0.2) is 9.97 Å². The summed E-state index contributed by atoms with van der Waals surface area (Å²) in [5.41, 5.74) is 2.92. The number of benzene rings is 3. The molecule has 2 amide bonds. The Morgan fingerprint density at radius 2 is 1.62 bits per heavy atom. The molecule has 172 valence electrons. The number of amides is 2. The molecule has 0 aliphatic heterocycles. The maximum Gasteiger partial charge on any atom is 0.253 e. The minimum absolute atomic E-state index is 0.0866. The molecule has 0 aliphatic carbocycles. The molecule has 0 aliphatic rings. The largest absolute Gasteiger partial charge is 0.345 e. The summed E-state index contributed by atoms with van der Waals surface area (Å²) in [5.74, 6) is 0.106. The first-order valence-electron chi connectivity index (χ1n) is 11.0. The van der Waals surface area contributed by atoms with E-state index in [0.717, 1.165) is 22.2 Å². The molecule has 1 aromatic heterocycles. The normalized spacial score (nSPS) is 11.7. The average Bonchev–Trinajstić information content (AvgIpc) is 2.84. The van der Waals surface area contributed by atoms with E-state index >= 15 is 0 Å². The minimum atomic E-state index is -0.515. The fourth-order valence-electron chi connectivity index (χ4n) is 3.82. The van der Waals surface area contributed by atoms with E-state index in [4.69, 9.17) is 11.6 Å². The molecule has 0 fully saturated rings. The van der Waals surface area contributed by atoms with Gasteiger partial charge in [-0.05, 0) is 30.7 Å². The van der Waals surface area contributed by atoms with E-state index < -0.39 is 6.04 Å². The molecule has 0 saturated heterocycles. The first kappa shape index (κ1) is 23.4. The van der Waals surface area contributed by atoms with Gasteiger partial charge in [0.25, 0.3) is 5.91 Å². The summed E-state index contributed by atoms with van der Waals surface area (Å²) in [6, 6.07) is 23.6. The summed E-state index contributed by atoms with van der Waals surface area (Å²) in [5, 5.41) is 4.32. The molecule has 4 aromatic rings. The third-order valence-corrected chi connectivity index (χ3v) is 5.98. The van der Waals surface area contributed by atoms with Crippen LogP contribution in [0, 0.1) is 6.92 Å². The number of aromatic nitrogens is 2. The lowest BCUT2D eigenvalue weighted by Gasteiger charge is -2.23. The van der Waals surface area contributed by atoms with Crippen LogP contribution in [0.1, 0.15) is 39.9 Å². The van der Waals surface area contributed by atoms with E-state index in [2.05, 4.69) is 15.3 Å². The van der Waals surface area contributed by atoms with Crippen molar-refractivity contribution in [1.82, 2.24) is 20.2 Å². The van der Waals surface area contributed by atoms with Gasteiger partial charge >= 0.3 is 0 Å². The van der Waals surface area contributed by atoms with Gasteiger partial charge in [0.2, 0.25) is 5.91 Å². The number of hydrogen-bond acceptors (Lipinski definition) is 4. The third-order valence-electron chi connectivity index (χ3n) is 5.65. The Balaban J connectivity index is 1.51. The van der Waals surface area contributed by atoms with Crippen molar-refractivity contribution in [2.24, 2.45) is 0 Å². The monoisotopic (exact) mass is 472 g/mol. The summed E-state index contributed by atoms with van der Waals surface area (Å²) in [4.78, 5) is 36.8. The van der Waals surface area contributed by atoms with Gasteiger partial charge in [0, 0.05) is 18.1 Å². The Morgan fingerprint density at radius 3 is 2.38 bits per heavy atom. The maximum atomic E-state index is 13.2. The van der Waals surface area contributed by atoms with Crippen molar-refractivity contribution in [3.8, 4) is 0 Å². The van der Waals surface area contributed by atoms with E-state index in [1.165, 1.54) is 0 Å². The molecule has 6 nitrogen and oxygen atoms in total. The SMILES string of the molecule is Cc1nc(CN(C)C(=O)CC(NC(=O)c2ccccc2Cl)c2ccccc2)nc2ccccc12. The molecule has 3 aromatic carbocycles. The predicted molar refractivity (Wildman–Crippen MR) is 133 cm³/mol. The number of fused-ring (bicyclic) bond motifs is 1. The number of para-hydroxylation sites is 1. The van der Waals surface area contributed by atoms with Crippen LogP contribution in [0.15, 0.2) is 78.9 Å². The lowest BCUT2D eigenvalue weighted by molar-refractivity contribution is -0.131. The summed E-state index contributed by atoms with van der Waals surface area (Å²) in [6.45, 7) is 2.20. The van der Waals surface area contributed by atoms with Gasteiger partial charge in [0.05, 0.1) is 35.1 Å². The average molecular weight is 473 g/mol. The van der Waals surface area contributed by atoms with Crippen LogP contribution in [-0.4, -0.2) is 33.7 Å². The van der Waals surface area contributed by atoms with E-state index in [9.17, 15) is 9.59 Å². The fourth-order valence-corrected chi connectivity index (χ4v) is 4.04. The molecule has 0 saturated carbocycles. The molecule has 0 radical (unpaired) electrons. The van der Waals surface area contributed by atoms with Crippen molar-refractivity contribution < 1.29 is 9.59 Å². The summed E-state index contributed by atoms with van der Waals surface area (Å²) >= 11 is 6.20. The van der Waals surface area contributed by atoms with Crippen molar-refractivity contribution in [3.63, 3.8) is 0 Å². The Kier molecular flexibility index (Phi) is 7.18. The van der Waals surface area contributed by atoms with Crippen LogP contribution in [0.25, 0.3) is 10.9 Å². The number of nitrogens with one attached hydrogen (secondary N) is 1. The molecular weight excluding hydrogens is 448 g/mol. The highest BCUT2D eigenvalue weighted by atomic mass is 35.5. The van der Waals surface area contributed by atoms with Crippen LogP contribution in [0.5, 0.6) is 0 Å². The number of hydrogen-bond donors (Lipinski definition) is 1. The molecule has 7 heteroatoms. The van der Waals surface area contributed by atoms with Crippen LogP contribution >= 0.6 is 11.6 Å². The summed E-state index contributed by atoms with van der Waals surface area (Å²) in [7, 11) is 1.72. The predicted octanol–water partition coefficient (Wildman–Crippen LogP) is 5.11. The van der Waals surface area contributed by atoms with Crippen LogP contribution in [0.2, 0.25) is 5.02 Å². The zero-order chi connectivity index (χ0) is 24.1. The van der Waals surface area contributed by atoms with Gasteiger partial charge in [-0.2, -0.15) is 0 Å². The molecule has 0 bridgehead atoms. The summed E-state index contributed by atoms with van der Waals surface area (Å²) < 4.78 is 0. The number of aryl methyl sites for hydroxylation is 1. The first-order valence-corrected chi connectivity index (χ1v) is 11.4. The van der Waals surface area contributed by atoms with E-state index in [1.54, 1.807) is 36.2 Å². The van der Waals surface area contributed by atoms with E-state index in [-0.39, 0.29) is 24.8 Å². The Bertz CT molecular complexity index is 1330. The zero-order valence-corrected chi connectivity index (χ0v) is 19.8. The maximum absolute atomic E-state index is 13.2. The van der Waals surface area contributed by atoms with Gasteiger partial charge in [0.1, 0.15) is 5.82 Å². The third kappa shape index (κ3) is 5.41. The molecule has 4 rings (SSSR count). The molecule has 1 N–H and O–H groups in total. The topological polar surface area (TPSA) is 75.2 Å². The molecule has 34 heavy (non-hydrogen) atoms. The Labute approximate surface area is 203 Å². The quantitative estimate of drug-likeness (QED) is 0.405. The lowest BCUT2D eigenvalue weighted by atomic mass is 10.0. The highest BCUT2D eigenvalue weighted by Gasteiger charge is 2.22. The van der Waals surface area contributed by atoms with E-state index in [0.29, 0.717) is 16.4 Å². The lowest BCUT2D eigenvalue weighted by Crippen LogP contribution is -2.35. The van der Waals surface area contributed by atoms with Crippen LogP contribution in [0.3, 0.4) is 0 Å². The van der Waals surface area contributed by atoms with Crippen LogP contribution < -0.4 is 5.32 Å². The summed E-state index contributed by atoms with van der Waals surface area (Å²) in [6.07, 6.45) is 0.0866. The number of carbonyl (C=O) groups excluding carboxylic acids is 2. The zero-order valence-electron chi connectivity index (χ0n) is 19.0. The fraction of sp³-hybridized carbons (Fsp3) is 0.185. The second kappa shape index (κ2) is 10.4. The standard InChI is InChI=1S/C27H25ClN4O2/c1-18-20-12-7-9-15-23(20)30-25(29-18)17-32(2)26(33)16-24(19-10-4-3-5-11-19)31-27(34)21-13-6-8-14-22(21)28/h3-15,24H,16-17H2,1-2H3,(H,31,34). The number of rotatable bonds is 7. The smallest absolute Gasteiger partial charge is 0.253 e. The van der Waals surface area contributed by atoms with E-state index in [1.807, 2.05) is 61.5 Å². The highest BCUT2D eigenvalue weighted by Crippen LogP contribution is 2.22. The van der Waals surface area contributed by atoms with Gasteiger partial charge in [-0.15, -0.1) is 0 Å². The van der Waals surface area contributed by atoms with Crippen molar-refractivity contribution in [2.45, 2.75) is 25.9 Å². The van der Waals surface area contributed by atoms with Crippen molar-refractivity contribution in [1.29, 1.82) is 0 Å². The van der Waals surface area contributed by atoms with Gasteiger partial charge in [-0.3, -0.25) is 9.59 Å². The minimum Gasteiger partial charge on any atom is -0.345 e. The Morgan fingerprint density at radius 1 is 0.941 bits per heavy atom. The van der Waals surface area contributed by atoms with Crippen molar-refractivity contribution in [2.75, 3.05) is 7.05 Å². The number of carbonyl (C=O) groups is 2. The molecule has 1 unspecified atom stereocenters. The van der Waals surface area contributed by atoms with Crippen molar-refractivity contribution >= 4 is 34.3 Å². The van der Waals surface area contributed by atoms with Crippen LogP contribution in [0.4, 0.5) is 0 Å². The second-order valence-corrected chi connectivity index (χ2v) is 8.52. The highest BCUT2D eigenvalue weighted by molar-refractivity contribution is 6.33. The molecule has 1 heterocycles. The van der Waals surface area contributed by atoms with Crippen molar-refractivity contribution in [3.05, 3.63) is 107 Å². The van der Waals surface area contributed by atoms with Crippen LogP contribution in [-0.2, 0) is 11.3 Å². The van der Waals surface area contributed by atoms with Gasteiger partial charge < -0.3 is 10.2 Å². The van der Waals surface area contributed by atoms with Gasteiger partial charge in [0.15, 0.2) is 0 Å². The number of nitrogens with zero attached hydrogens (tertiary/aromatic N) is 3. The molecule has 1 atom stereocenters.